The van der Waals surface area contributed by atoms with Crippen LogP contribution in [0.1, 0.15) is 22.2 Å². The summed E-state index contributed by atoms with van der Waals surface area (Å²) >= 11 is 1.64. The number of nitrogens with zero attached hydrogens (tertiary/aromatic N) is 4. The Morgan fingerprint density at radius 2 is 2.32 bits per heavy atom. The third-order valence-corrected chi connectivity index (χ3v) is 4.22. The monoisotopic (exact) mass is 316 g/mol. The molecule has 0 unspecified atom stereocenters. The Morgan fingerprint density at radius 1 is 1.45 bits per heavy atom. The second-order valence-electron chi connectivity index (χ2n) is 4.87. The van der Waals surface area contributed by atoms with Crippen molar-refractivity contribution in [3.63, 3.8) is 0 Å². The van der Waals surface area contributed by atoms with Crippen LogP contribution < -0.4 is 0 Å². The van der Waals surface area contributed by atoms with Crippen LogP contribution in [0, 0.1) is 0 Å². The summed E-state index contributed by atoms with van der Waals surface area (Å²) in [6.07, 6.45) is 4.93. The van der Waals surface area contributed by atoms with Gasteiger partial charge in [-0.05, 0) is 18.4 Å². The summed E-state index contributed by atoms with van der Waals surface area (Å²) in [5.74, 6) is 0.374. The lowest BCUT2D eigenvalue weighted by molar-refractivity contribution is 0.0754. The topological polar surface area (TPSA) is 64.2 Å². The molecule has 0 N–H and O–H groups in total. The second-order valence-corrected chi connectivity index (χ2v) is 5.90. The average molecular weight is 316 g/mol. The Bertz CT molecular complexity index is 760. The number of carbonyl (C=O) groups is 1. The molecule has 1 amide bonds. The number of hydrogen-bond acceptors (Lipinski definition) is 5. The highest BCUT2D eigenvalue weighted by Gasteiger charge is 2.23. The van der Waals surface area contributed by atoms with E-state index in [0.717, 1.165) is 10.4 Å². The van der Waals surface area contributed by atoms with Crippen LogP contribution >= 0.6 is 11.3 Å². The molecule has 0 saturated carbocycles. The maximum atomic E-state index is 12.8. The fraction of sp³-hybridized carbons (Fsp3) is 0.267. The van der Waals surface area contributed by atoms with E-state index in [4.69, 9.17) is 4.52 Å². The van der Waals surface area contributed by atoms with Gasteiger partial charge in [0.1, 0.15) is 5.56 Å². The summed E-state index contributed by atoms with van der Waals surface area (Å²) in [4.78, 5) is 15.7. The number of amides is 1. The Morgan fingerprint density at radius 3 is 2.95 bits per heavy atom. The number of hydrogen-bond donors (Lipinski definition) is 0. The minimum Gasteiger partial charge on any atom is -0.355 e. The summed E-state index contributed by atoms with van der Waals surface area (Å²) in [7, 11) is 1.82. The van der Waals surface area contributed by atoms with E-state index in [1.54, 1.807) is 33.3 Å². The number of carbonyl (C=O) groups excluding carboxylic acids is 1. The molecular formula is C15H16N4O2S. The van der Waals surface area contributed by atoms with Crippen LogP contribution in [0.5, 0.6) is 0 Å². The maximum absolute atomic E-state index is 12.8. The molecule has 0 bridgehead atoms. The predicted molar refractivity (Wildman–Crippen MR) is 83.4 cm³/mol. The van der Waals surface area contributed by atoms with Crippen molar-refractivity contribution in [2.24, 2.45) is 7.05 Å². The van der Waals surface area contributed by atoms with Crippen LogP contribution in [-0.4, -0.2) is 32.3 Å². The van der Waals surface area contributed by atoms with Gasteiger partial charge in [-0.3, -0.25) is 9.48 Å². The molecule has 0 radical (unpaired) electrons. The first-order chi connectivity index (χ1) is 10.7. The standard InChI is InChI=1S/C15H16N4O2S/c1-3-19(10-12-5-4-6-22-12)15(20)13-8-17-21-14(13)11-7-16-18(2)9-11/h4-9H,3,10H2,1-2H3. The summed E-state index contributed by atoms with van der Waals surface area (Å²) in [6.45, 7) is 3.17. The van der Waals surface area contributed by atoms with Gasteiger partial charge in [0.2, 0.25) is 0 Å². The van der Waals surface area contributed by atoms with Gasteiger partial charge in [0.15, 0.2) is 5.76 Å². The minimum atomic E-state index is -0.0870. The van der Waals surface area contributed by atoms with Crippen LogP contribution in [0.15, 0.2) is 40.6 Å². The Balaban J connectivity index is 1.87. The first-order valence-corrected chi connectivity index (χ1v) is 7.82. The highest BCUT2D eigenvalue weighted by Crippen LogP contribution is 2.25. The first-order valence-electron chi connectivity index (χ1n) is 6.94. The Hall–Kier alpha value is -2.41. The molecule has 6 nitrogen and oxygen atoms in total. The molecule has 7 heteroatoms. The van der Waals surface area contributed by atoms with E-state index in [1.165, 1.54) is 6.20 Å². The fourth-order valence-corrected chi connectivity index (χ4v) is 2.95. The lowest BCUT2D eigenvalue weighted by Gasteiger charge is -2.19. The lowest BCUT2D eigenvalue weighted by atomic mass is 10.1. The van der Waals surface area contributed by atoms with Crippen LogP contribution in [0.4, 0.5) is 0 Å². The first kappa shape index (κ1) is 14.5. The van der Waals surface area contributed by atoms with E-state index in [9.17, 15) is 4.79 Å². The molecule has 0 aliphatic rings. The molecule has 3 aromatic rings. The molecule has 0 aliphatic carbocycles. The van der Waals surface area contributed by atoms with E-state index in [0.29, 0.717) is 24.4 Å². The summed E-state index contributed by atoms with van der Waals surface area (Å²) in [5, 5.41) is 9.90. The molecule has 3 aromatic heterocycles. The number of aryl methyl sites for hydroxylation is 1. The SMILES string of the molecule is CCN(Cc1cccs1)C(=O)c1cnoc1-c1cnn(C)c1. The van der Waals surface area contributed by atoms with Crippen molar-refractivity contribution in [2.45, 2.75) is 13.5 Å². The van der Waals surface area contributed by atoms with Crippen molar-refractivity contribution >= 4 is 17.2 Å². The highest BCUT2D eigenvalue weighted by molar-refractivity contribution is 7.09. The van der Waals surface area contributed by atoms with Crippen LogP contribution in [0.3, 0.4) is 0 Å². The number of rotatable bonds is 5. The smallest absolute Gasteiger partial charge is 0.259 e. The quantitative estimate of drug-likeness (QED) is 0.726. The van der Waals surface area contributed by atoms with Crippen molar-refractivity contribution in [2.75, 3.05) is 6.54 Å². The molecule has 0 aliphatic heterocycles. The van der Waals surface area contributed by atoms with Crippen molar-refractivity contribution in [1.82, 2.24) is 19.8 Å². The normalized spacial score (nSPS) is 10.8. The third kappa shape index (κ3) is 2.80. The van der Waals surface area contributed by atoms with Gasteiger partial charge in [0.05, 0.1) is 24.5 Å². The third-order valence-electron chi connectivity index (χ3n) is 3.36. The largest absolute Gasteiger partial charge is 0.355 e. The molecule has 0 atom stereocenters. The zero-order chi connectivity index (χ0) is 15.5. The Kier molecular flexibility index (Phi) is 4.06. The van der Waals surface area contributed by atoms with Crippen molar-refractivity contribution in [3.8, 4) is 11.3 Å². The van der Waals surface area contributed by atoms with Gasteiger partial charge >= 0.3 is 0 Å². The van der Waals surface area contributed by atoms with Gasteiger partial charge < -0.3 is 9.42 Å². The molecule has 22 heavy (non-hydrogen) atoms. The summed E-state index contributed by atoms with van der Waals surface area (Å²) in [6, 6.07) is 4.01. The molecule has 0 fully saturated rings. The zero-order valence-electron chi connectivity index (χ0n) is 12.4. The van der Waals surface area contributed by atoms with Gasteiger partial charge in [-0.2, -0.15) is 5.10 Å². The molecule has 0 saturated heterocycles. The lowest BCUT2D eigenvalue weighted by Crippen LogP contribution is -2.30. The van der Waals surface area contributed by atoms with Crippen LogP contribution in [-0.2, 0) is 13.6 Å². The van der Waals surface area contributed by atoms with E-state index in [-0.39, 0.29) is 5.91 Å². The molecule has 3 heterocycles. The van der Waals surface area contributed by atoms with E-state index >= 15 is 0 Å². The van der Waals surface area contributed by atoms with E-state index in [1.807, 2.05) is 31.5 Å². The molecule has 114 valence electrons. The van der Waals surface area contributed by atoms with E-state index in [2.05, 4.69) is 10.3 Å². The van der Waals surface area contributed by atoms with Crippen molar-refractivity contribution in [1.29, 1.82) is 0 Å². The minimum absolute atomic E-state index is 0.0870. The van der Waals surface area contributed by atoms with Gasteiger partial charge in [0, 0.05) is 24.7 Å². The summed E-state index contributed by atoms with van der Waals surface area (Å²) < 4.78 is 6.93. The van der Waals surface area contributed by atoms with Gasteiger partial charge in [0.25, 0.3) is 5.91 Å². The molecular weight excluding hydrogens is 300 g/mol. The zero-order valence-corrected chi connectivity index (χ0v) is 13.2. The maximum Gasteiger partial charge on any atom is 0.259 e. The number of aromatic nitrogens is 3. The highest BCUT2D eigenvalue weighted by atomic mass is 32.1. The van der Waals surface area contributed by atoms with Crippen LogP contribution in [0.25, 0.3) is 11.3 Å². The molecule has 0 aromatic carbocycles. The van der Waals surface area contributed by atoms with Gasteiger partial charge in [-0.25, -0.2) is 0 Å². The fourth-order valence-electron chi connectivity index (χ4n) is 2.23. The van der Waals surface area contributed by atoms with Crippen molar-refractivity contribution < 1.29 is 9.32 Å². The predicted octanol–water partition coefficient (Wildman–Crippen LogP) is 2.80. The van der Waals surface area contributed by atoms with Gasteiger partial charge in [-0.1, -0.05) is 11.2 Å². The van der Waals surface area contributed by atoms with E-state index < -0.39 is 0 Å². The van der Waals surface area contributed by atoms with Crippen molar-refractivity contribution in [3.05, 3.63) is 46.5 Å². The Labute approximate surface area is 132 Å². The van der Waals surface area contributed by atoms with Gasteiger partial charge in [-0.15, -0.1) is 11.3 Å². The summed E-state index contributed by atoms with van der Waals surface area (Å²) in [5.41, 5.74) is 1.21. The second kappa shape index (κ2) is 6.15. The molecule has 3 rings (SSSR count). The van der Waals surface area contributed by atoms with Crippen LogP contribution in [0.2, 0.25) is 0 Å². The average Bonchev–Trinajstić information content (AvgIpc) is 3.24. The molecule has 0 spiro atoms. The number of thiophene rings is 1.